The van der Waals surface area contributed by atoms with Crippen LogP contribution in [0.15, 0.2) is 30.3 Å². The summed E-state index contributed by atoms with van der Waals surface area (Å²) >= 11 is 0. The highest BCUT2D eigenvalue weighted by molar-refractivity contribution is 5.79. The summed E-state index contributed by atoms with van der Waals surface area (Å²) in [5.41, 5.74) is 1.35. The summed E-state index contributed by atoms with van der Waals surface area (Å²) in [6.45, 7) is 1.90. The molecule has 2 N–H and O–H groups in total. The van der Waals surface area contributed by atoms with Crippen molar-refractivity contribution >= 4 is 5.91 Å². The van der Waals surface area contributed by atoms with Crippen molar-refractivity contribution in [2.75, 3.05) is 13.1 Å². The van der Waals surface area contributed by atoms with Crippen LogP contribution in [0.4, 0.5) is 0 Å². The van der Waals surface area contributed by atoms with Gasteiger partial charge in [0.05, 0.1) is 5.92 Å². The molecule has 0 bridgehead atoms. The Balaban J connectivity index is 1.51. The van der Waals surface area contributed by atoms with E-state index in [2.05, 4.69) is 34.9 Å². The molecule has 1 aromatic carbocycles. The fraction of sp³-hybridized carbons (Fsp3) is 0.533. The zero-order valence-corrected chi connectivity index (χ0v) is 10.6. The van der Waals surface area contributed by atoms with Crippen molar-refractivity contribution in [3.05, 3.63) is 35.9 Å². The Labute approximate surface area is 108 Å². The molecular weight excluding hydrogens is 224 g/mol. The van der Waals surface area contributed by atoms with Gasteiger partial charge in [-0.2, -0.15) is 0 Å². The van der Waals surface area contributed by atoms with Gasteiger partial charge < -0.3 is 10.6 Å². The first-order chi connectivity index (χ1) is 8.84. The van der Waals surface area contributed by atoms with Gasteiger partial charge in [0, 0.05) is 18.5 Å². The van der Waals surface area contributed by atoms with Crippen LogP contribution in [0.1, 0.15) is 30.7 Å². The van der Waals surface area contributed by atoms with Crippen molar-refractivity contribution in [2.45, 2.75) is 31.2 Å². The van der Waals surface area contributed by atoms with E-state index in [0.29, 0.717) is 12.0 Å². The van der Waals surface area contributed by atoms with Gasteiger partial charge in [0.15, 0.2) is 0 Å². The zero-order valence-electron chi connectivity index (χ0n) is 10.6. The van der Waals surface area contributed by atoms with Gasteiger partial charge in [-0.1, -0.05) is 30.3 Å². The van der Waals surface area contributed by atoms with Crippen LogP contribution in [0.3, 0.4) is 0 Å². The molecule has 1 heterocycles. The van der Waals surface area contributed by atoms with Crippen LogP contribution in [-0.4, -0.2) is 25.0 Å². The van der Waals surface area contributed by atoms with Gasteiger partial charge >= 0.3 is 0 Å². The van der Waals surface area contributed by atoms with E-state index in [0.717, 1.165) is 32.4 Å². The first-order valence-electron chi connectivity index (χ1n) is 6.90. The molecule has 1 saturated carbocycles. The van der Waals surface area contributed by atoms with Crippen LogP contribution in [0.2, 0.25) is 0 Å². The Hall–Kier alpha value is -1.35. The maximum absolute atomic E-state index is 12.1. The summed E-state index contributed by atoms with van der Waals surface area (Å²) in [7, 11) is 0. The van der Waals surface area contributed by atoms with E-state index in [1.165, 1.54) is 5.56 Å². The van der Waals surface area contributed by atoms with E-state index in [1.807, 2.05) is 6.07 Å². The number of hydrogen-bond acceptors (Lipinski definition) is 2. The maximum Gasteiger partial charge on any atom is 0.224 e. The van der Waals surface area contributed by atoms with Crippen molar-refractivity contribution in [3.8, 4) is 0 Å². The van der Waals surface area contributed by atoms with Gasteiger partial charge in [-0.3, -0.25) is 4.79 Å². The smallest absolute Gasteiger partial charge is 0.224 e. The molecule has 2 unspecified atom stereocenters. The molecule has 1 amide bonds. The quantitative estimate of drug-likeness (QED) is 0.849. The van der Waals surface area contributed by atoms with Gasteiger partial charge in [0.25, 0.3) is 0 Å². The van der Waals surface area contributed by atoms with Crippen LogP contribution in [0, 0.1) is 5.92 Å². The van der Waals surface area contributed by atoms with Crippen molar-refractivity contribution in [1.82, 2.24) is 10.6 Å². The van der Waals surface area contributed by atoms with Crippen molar-refractivity contribution in [1.29, 1.82) is 0 Å². The van der Waals surface area contributed by atoms with E-state index in [9.17, 15) is 4.79 Å². The fourth-order valence-corrected chi connectivity index (χ4v) is 2.80. The molecule has 1 aliphatic heterocycles. The van der Waals surface area contributed by atoms with Gasteiger partial charge in [0.2, 0.25) is 5.91 Å². The summed E-state index contributed by atoms with van der Waals surface area (Å²) in [5, 5.41) is 6.48. The Morgan fingerprint density at radius 3 is 2.83 bits per heavy atom. The second-order valence-corrected chi connectivity index (χ2v) is 5.41. The lowest BCUT2D eigenvalue weighted by Crippen LogP contribution is -2.41. The van der Waals surface area contributed by atoms with Crippen molar-refractivity contribution < 1.29 is 4.79 Å². The zero-order chi connectivity index (χ0) is 12.4. The first kappa shape index (κ1) is 11.7. The maximum atomic E-state index is 12.1. The number of piperidine rings is 1. The highest BCUT2D eigenvalue weighted by Gasteiger charge is 2.40. The van der Waals surface area contributed by atoms with Gasteiger partial charge in [-0.15, -0.1) is 0 Å². The van der Waals surface area contributed by atoms with Crippen LogP contribution in [-0.2, 0) is 4.79 Å². The lowest BCUT2D eigenvalue weighted by molar-refractivity contribution is -0.125. The largest absolute Gasteiger partial charge is 0.352 e. The molecule has 3 nitrogen and oxygen atoms in total. The summed E-state index contributed by atoms with van der Waals surface area (Å²) in [6, 6.07) is 10.8. The SMILES string of the molecule is O=C(NC1CC1c1ccccc1)[C@H]1CCCNC1. The number of carbonyl (C=O) groups is 1. The molecule has 3 rings (SSSR count). The normalized spacial score (nSPS) is 30.8. The molecule has 1 aromatic rings. The minimum atomic E-state index is 0.177. The van der Waals surface area contributed by atoms with Crippen LogP contribution >= 0.6 is 0 Å². The molecule has 18 heavy (non-hydrogen) atoms. The Morgan fingerprint density at radius 2 is 2.11 bits per heavy atom. The molecule has 3 heteroatoms. The van der Waals surface area contributed by atoms with Crippen LogP contribution in [0.5, 0.6) is 0 Å². The van der Waals surface area contributed by atoms with E-state index < -0.39 is 0 Å². The summed E-state index contributed by atoms with van der Waals surface area (Å²) < 4.78 is 0. The van der Waals surface area contributed by atoms with E-state index in [4.69, 9.17) is 0 Å². The highest BCUT2D eigenvalue weighted by atomic mass is 16.2. The molecule has 1 saturated heterocycles. The fourth-order valence-electron chi connectivity index (χ4n) is 2.80. The third-order valence-electron chi connectivity index (χ3n) is 4.01. The molecule has 2 aliphatic rings. The molecule has 0 radical (unpaired) electrons. The molecule has 2 fully saturated rings. The number of amides is 1. The predicted molar refractivity (Wildman–Crippen MR) is 71.3 cm³/mol. The summed E-state index contributed by atoms with van der Waals surface area (Å²) in [5.74, 6) is 0.952. The minimum Gasteiger partial charge on any atom is -0.352 e. The monoisotopic (exact) mass is 244 g/mol. The van der Waals surface area contributed by atoms with Crippen molar-refractivity contribution in [2.24, 2.45) is 5.92 Å². The lowest BCUT2D eigenvalue weighted by atomic mass is 9.99. The predicted octanol–water partition coefficient (Wildman–Crippen LogP) is 1.66. The molecule has 1 aliphatic carbocycles. The van der Waals surface area contributed by atoms with E-state index in [1.54, 1.807) is 0 Å². The van der Waals surface area contributed by atoms with E-state index >= 15 is 0 Å². The van der Waals surface area contributed by atoms with Crippen LogP contribution < -0.4 is 10.6 Å². The average molecular weight is 244 g/mol. The van der Waals surface area contributed by atoms with Gasteiger partial charge in [0.1, 0.15) is 0 Å². The topological polar surface area (TPSA) is 41.1 Å². The number of rotatable bonds is 3. The Bertz CT molecular complexity index is 412. The first-order valence-corrected chi connectivity index (χ1v) is 6.90. The summed E-state index contributed by atoms with van der Waals surface area (Å²) in [4.78, 5) is 12.1. The number of nitrogens with one attached hydrogen (secondary N) is 2. The van der Waals surface area contributed by atoms with E-state index in [-0.39, 0.29) is 11.8 Å². The molecular formula is C15H20N2O. The highest BCUT2D eigenvalue weighted by Crippen LogP contribution is 2.40. The second kappa shape index (κ2) is 5.11. The standard InChI is InChI=1S/C15H20N2O/c18-15(12-7-4-8-16-10-12)17-14-9-13(14)11-5-2-1-3-6-11/h1-3,5-6,12-14,16H,4,7-10H2,(H,17,18)/t12-,13?,14?/m0/s1. The number of benzene rings is 1. The third-order valence-corrected chi connectivity index (χ3v) is 4.01. The average Bonchev–Trinajstić information content (AvgIpc) is 3.20. The molecule has 96 valence electrons. The lowest BCUT2D eigenvalue weighted by Gasteiger charge is -2.21. The Kier molecular flexibility index (Phi) is 3.33. The number of hydrogen-bond donors (Lipinski definition) is 2. The third kappa shape index (κ3) is 2.56. The molecule has 0 spiro atoms. The molecule has 3 atom stereocenters. The van der Waals surface area contributed by atoms with Crippen LogP contribution in [0.25, 0.3) is 0 Å². The molecule has 0 aromatic heterocycles. The Morgan fingerprint density at radius 1 is 1.28 bits per heavy atom. The number of carbonyl (C=O) groups excluding carboxylic acids is 1. The van der Waals surface area contributed by atoms with Crippen molar-refractivity contribution in [3.63, 3.8) is 0 Å². The van der Waals surface area contributed by atoms with Gasteiger partial charge in [-0.25, -0.2) is 0 Å². The van der Waals surface area contributed by atoms with Gasteiger partial charge in [-0.05, 0) is 31.4 Å². The summed E-state index contributed by atoms with van der Waals surface area (Å²) in [6.07, 6.45) is 3.24. The minimum absolute atomic E-state index is 0.177. The second-order valence-electron chi connectivity index (χ2n) is 5.41.